The summed E-state index contributed by atoms with van der Waals surface area (Å²) >= 11 is 0. The van der Waals surface area contributed by atoms with Crippen LogP contribution >= 0.6 is 0 Å². The Hall–Kier alpha value is -4.67. The lowest BCUT2D eigenvalue weighted by atomic mass is 10.0. The van der Waals surface area contributed by atoms with Crippen molar-refractivity contribution in [3.05, 3.63) is 125 Å². The average molecular weight is 640 g/mol. The predicted molar refractivity (Wildman–Crippen MR) is 173 cm³/mol. The highest BCUT2D eigenvalue weighted by Gasteiger charge is 2.32. The van der Waals surface area contributed by atoms with Crippen molar-refractivity contribution in [1.82, 2.24) is 14.5 Å². The van der Waals surface area contributed by atoms with Gasteiger partial charge < -0.3 is 19.7 Å². The number of amides is 2. The van der Waals surface area contributed by atoms with E-state index in [1.807, 2.05) is 78.9 Å². The normalized spacial score (nSPS) is 15.0. The van der Waals surface area contributed by atoms with Gasteiger partial charge in [-0.25, -0.2) is 8.42 Å². The fourth-order valence-corrected chi connectivity index (χ4v) is 7.37. The van der Waals surface area contributed by atoms with Gasteiger partial charge in [0.05, 0.1) is 4.90 Å². The van der Waals surface area contributed by atoms with Crippen LogP contribution in [0.25, 0.3) is 0 Å². The lowest BCUT2D eigenvalue weighted by molar-refractivity contribution is -0.141. The van der Waals surface area contributed by atoms with Crippen LogP contribution < -0.4 is 14.8 Å². The molecule has 2 aliphatic heterocycles. The number of carbonyl (C=O) groups is 2. The molecule has 0 spiro atoms. The van der Waals surface area contributed by atoms with Crippen LogP contribution in [0.1, 0.15) is 47.6 Å². The summed E-state index contributed by atoms with van der Waals surface area (Å²) in [6.07, 6.45) is 2.29. The number of aryl methyl sites for hydroxylation is 1. The Morgan fingerprint density at radius 1 is 0.783 bits per heavy atom. The molecule has 1 atom stereocenters. The summed E-state index contributed by atoms with van der Waals surface area (Å²) in [5, 5.41) is 3.04. The van der Waals surface area contributed by atoms with Crippen molar-refractivity contribution in [3.63, 3.8) is 0 Å². The second-order valence-electron chi connectivity index (χ2n) is 11.5. The SMILES string of the molecule is O=C(NCc1ccc2c(c1)OCO2)[C@@H](c1ccccc1)N(Cc1ccccc1)C(=O)CCc1ccc(S(=O)(=O)N2CCCC2)cc1. The smallest absolute Gasteiger partial charge is 0.247 e. The molecule has 238 valence electrons. The monoisotopic (exact) mass is 639 g/mol. The molecule has 0 aliphatic carbocycles. The maximum absolute atomic E-state index is 14.1. The first-order valence-electron chi connectivity index (χ1n) is 15.5. The zero-order valence-corrected chi connectivity index (χ0v) is 26.3. The number of benzene rings is 4. The number of nitrogens with zero attached hydrogens (tertiary/aromatic N) is 2. The summed E-state index contributed by atoms with van der Waals surface area (Å²) in [4.78, 5) is 29.9. The highest BCUT2D eigenvalue weighted by atomic mass is 32.2. The zero-order valence-electron chi connectivity index (χ0n) is 25.5. The molecule has 6 rings (SSSR count). The molecule has 0 aromatic heterocycles. The van der Waals surface area contributed by atoms with Gasteiger partial charge in [-0.15, -0.1) is 0 Å². The second kappa shape index (κ2) is 14.2. The van der Waals surface area contributed by atoms with Crippen LogP contribution in [0.4, 0.5) is 0 Å². The average Bonchev–Trinajstić information content (AvgIpc) is 3.80. The molecule has 2 heterocycles. The molecule has 9 nitrogen and oxygen atoms in total. The predicted octanol–water partition coefficient (Wildman–Crippen LogP) is 5.22. The Kier molecular flexibility index (Phi) is 9.65. The van der Waals surface area contributed by atoms with E-state index in [0.29, 0.717) is 36.6 Å². The van der Waals surface area contributed by atoms with Gasteiger partial charge in [-0.1, -0.05) is 78.9 Å². The van der Waals surface area contributed by atoms with Crippen molar-refractivity contribution >= 4 is 21.8 Å². The molecule has 1 fully saturated rings. The molecule has 0 radical (unpaired) electrons. The third-order valence-electron chi connectivity index (χ3n) is 8.35. The molecule has 1 N–H and O–H groups in total. The molecule has 4 aromatic carbocycles. The Morgan fingerprint density at radius 2 is 1.43 bits per heavy atom. The van der Waals surface area contributed by atoms with Gasteiger partial charge in [-0.2, -0.15) is 4.31 Å². The molecular formula is C36H37N3O6S. The Bertz CT molecular complexity index is 1760. The van der Waals surface area contributed by atoms with Gasteiger partial charge in [-0.3, -0.25) is 9.59 Å². The number of fused-ring (bicyclic) bond motifs is 1. The van der Waals surface area contributed by atoms with Gasteiger partial charge in [0.1, 0.15) is 6.04 Å². The largest absolute Gasteiger partial charge is 0.454 e. The van der Waals surface area contributed by atoms with Crippen LogP contribution in [-0.2, 0) is 39.1 Å². The van der Waals surface area contributed by atoms with Crippen molar-refractivity contribution in [2.45, 2.75) is 49.7 Å². The van der Waals surface area contributed by atoms with Crippen LogP contribution in [0, 0.1) is 0 Å². The number of hydrogen-bond donors (Lipinski definition) is 1. The van der Waals surface area contributed by atoms with Crippen molar-refractivity contribution in [2.75, 3.05) is 19.9 Å². The number of sulfonamides is 1. The summed E-state index contributed by atoms with van der Waals surface area (Å²) in [6, 6.07) is 30.3. The van der Waals surface area contributed by atoms with Crippen molar-refractivity contribution in [3.8, 4) is 11.5 Å². The van der Waals surface area contributed by atoms with Crippen LogP contribution in [0.15, 0.2) is 108 Å². The molecule has 2 aliphatic rings. The maximum Gasteiger partial charge on any atom is 0.247 e. The summed E-state index contributed by atoms with van der Waals surface area (Å²) < 4.78 is 38.3. The van der Waals surface area contributed by atoms with Crippen LogP contribution in [-0.4, -0.2) is 49.3 Å². The van der Waals surface area contributed by atoms with Gasteiger partial charge >= 0.3 is 0 Å². The lowest BCUT2D eigenvalue weighted by Gasteiger charge is -2.32. The van der Waals surface area contributed by atoms with Gasteiger partial charge in [-0.05, 0) is 65.8 Å². The molecule has 0 unspecified atom stereocenters. The van der Waals surface area contributed by atoms with Gasteiger partial charge in [0.15, 0.2) is 11.5 Å². The summed E-state index contributed by atoms with van der Waals surface area (Å²) in [5.41, 5.74) is 3.29. The summed E-state index contributed by atoms with van der Waals surface area (Å²) in [6.45, 7) is 1.74. The second-order valence-corrected chi connectivity index (χ2v) is 13.4. The first-order valence-corrected chi connectivity index (χ1v) is 17.0. The van der Waals surface area contributed by atoms with Crippen molar-refractivity contribution in [2.24, 2.45) is 0 Å². The summed E-state index contributed by atoms with van der Waals surface area (Å²) in [5.74, 6) is 0.808. The number of nitrogens with one attached hydrogen (secondary N) is 1. The quantitative estimate of drug-likeness (QED) is 0.228. The molecule has 46 heavy (non-hydrogen) atoms. The van der Waals surface area contributed by atoms with E-state index in [0.717, 1.165) is 29.5 Å². The highest BCUT2D eigenvalue weighted by Crippen LogP contribution is 2.33. The fourth-order valence-electron chi connectivity index (χ4n) is 5.85. The molecular weight excluding hydrogens is 602 g/mol. The Balaban J connectivity index is 1.21. The van der Waals surface area contributed by atoms with Crippen molar-refractivity contribution in [1.29, 1.82) is 0 Å². The molecule has 10 heteroatoms. The first kappa shape index (κ1) is 31.3. The van der Waals surface area contributed by atoms with Crippen LogP contribution in [0.2, 0.25) is 0 Å². The van der Waals surface area contributed by atoms with E-state index < -0.39 is 16.1 Å². The number of carbonyl (C=O) groups excluding carboxylic acids is 2. The number of rotatable bonds is 12. The third kappa shape index (κ3) is 7.24. The minimum atomic E-state index is -3.51. The topological polar surface area (TPSA) is 105 Å². The van der Waals surface area contributed by atoms with Gasteiger partial charge in [0.2, 0.25) is 28.6 Å². The Labute approximate surface area is 269 Å². The number of hydrogen-bond acceptors (Lipinski definition) is 6. The fraction of sp³-hybridized carbons (Fsp3) is 0.278. The van der Waals surface area contributed by atoms with Gasteiger partial charge in [0.25, 0.3) is 0 Å². The van der Waals surface area contributed by atoms with E-state index in [1.54, 1.807) is 29.2 Å². The van der Waals surface area contributed by atoms with E-state index in [1.165, 1.54) is 4.31 Å². The standard InChI is InChI=1S/C36H37N3O6S/c40-34(20-16-27-13-17-31(18-14-27)46(42,43)38-21-7-8-22-38)39(25-28-9-3-1-4-10-28)35(30-11-5-2-6-12-30)36(41)37-24-29-15-19-32-33(23-29)45-26-44-32/h1-6,9-15,17-19,23,35H,7-8,16,20-22,24-26H2,(H,37,41)/t35-/m1/s1. The van der Waals surface area contributed by atoms with E-state index >= 15 is 0 Å². The molecule has 4 aromatic rings. The van der Waals surface area contributed by atoms with E-state index in [-0.39, 0.29) is 43.0 Å². The third-order valence-corrected chi connectivity index (χ3v) is 10.3. The minimum Gasteiger partial charge on any atom is -0.454 e. The van der Waals surface area contributed by atoms with Crippen LogP contribution in [0.3, 0.4) is 0 Å². The van der Waals surface area contributed by atoms with Crippen molar-refractivity contribution < 1.29 is 27.5 Å². The molecule has 0 bridgehead atoms. The van der Waals surface area contributed by atoms with E-state index in [9.17, 15) is 18.0 Å². The zero-order chi connectivity index (χ0) is 31.9. The molecule has 1 saturated heterocycles. The molecule has 0 saturated carbocycles. The lowest BCUT2D eigenvalue weighted by Crippen LogP contribution is -2.43. The maximum atomic E-state index is 14.1. The van der Waals surface area contributed by atoms with Crippen LogP contribution in [0.5, 0.6) is 11.5 Å². The van der Waals surface area contributed by atoms with Gasteiger partial charge in [0, 0.05) is 32.6 Å². The summed E-state index contributed by atoms with van der Waals surface area (Å²) in [7, 11) is -3.51. The Morgan fingerprint density at radius 3 is 2.15 bits per heavy atom. The first-order chi connectivity index (χ1) is 22.4. The number of ether oxygens (including phenoxy) is 2. The highest BCUT2D eigenvalue weighted by molar-refractivity contribution is 7.89. The van der Waals surface area contributed by atoms with E-state index in [4.69, 9.17) is 9.47 Å². The van der Waals surface area contributed by atoms with E-state index in [2.05, 4.69) is 5.32 Å². The molecule has 2 amide bonds. The minimum absolute atomic E-state index is 0.143.